The molecule has 1 aromatic carbocycles. The number of hydrogen-bond acceptors (Lipinski definition) is 3. The number of hydrogen-bond donors (Lipinski definition) is 1. The molecule has 0 saturated heterocycles. The van der Waals surface area contributed by atoms with Crippen LogP contribution in [0.2, 0.25) is 0 Å². The van der Waals surface area contributed by atoms with E-state index in [1.54, 1.807) is 26.2 Å². The van der Waals surface area contributed by atoms with E-state index in [1.165, 1.54) is 4.90 Å². The Morgan fingerprint density at radius 2 is 1.90 bits per heavy atom. The molecule has 112 valence electrons. The molecule has 1 atom stereocenters. The molecule has 0 bridgehead atoms. The van der Waals surface area contributed by atoms with Crippen LogP contribution in [-0.2, 0) is 4.79 Å². The normalized spacial score (nSPS) is 21.2. The van der Waals surface area contributed by atoms with Crippen molar-refractivity contribution in [1.82, 2.24) is 10.2 Å². The minimum atomic E-state index is -0.788. The molecule has 2 amide bonds. The lowest BCUT2D eigenvalue weighted by molar-refractivity contribution is -0.124. The van der Waals surface area contributed by atoms with Gasteiger partial charge in [-0.15, -0.1) is 0 Å². The molecule has 0 aliphatic carbocycles. The third-order valence-electron chi connectivity index (χ3n) is 3.98. The molecule has 2 rings (SSSR count). The summed E-state index contributed by atoms with van der Waals surface area (Å²) in [6.45, 7) is 5.74. The van der Waals surface area contributed by atoms with E-state index in [2.05, 4.69) is 10.3 Å². The number of nitrogens with zero attached hydrogens (tertiary/aromatic N) is 2. The average molecular weight is 287 g/mol. The Morgan fingerprint density at radius 3 is 2.43 bits per heavy atom. The van der Waals surface area contributed by atoms with Crippen molar-refractivity contribution in [1.29, 1.82) is 0 Å². The molecule has 1 N–H and O–H groups in total. The molecule has 1 heterocycles. The molecular weight excluding hydrogens is 266 g/mol. The number of rotatable bonds is 3. The Kier molecular flexibility index (Phi) is 3.85. The number of amides is 2. The Hall–Kier alpha value is -2.17. The van der Waals surface area contributed by atoms with E-state index in [9.17, 15) is 9.59 Å². The van der Waals surface area contributed by atoms with Gasteiger partial charge in [0.05, 0.1) is 5.56 Å². The largest absolute Gasteiger partial charge is 0.345 e. The van der Waals surface area contributed by atoms with Gasteiger partial charge < -0.3 is 10.2 Å². The van der Waals surface area contributed by atoms with Gasteiger partial charge in [0, 0.05) is 19.7 Å². The van der Waals surface area contributed by atoms with Gasteiger partial charge in [-0.05, 0) is 18.9 Å². The molecule has 1 unspecified atom stereocenters. The fourth-order valence-electron chi connectivity index (χ4n) is 2.18. The Labute approximate surface area is 125 Å². The maximum Gasteiger partial charge on any atom is 0.254 e. The van der Waals surface area contributed by atoms with Crippen molar-refractivity contribution in [2.75, 3.05) is 14.1 Å². The van der Waals surface area contributed by atoms with Crippen LogP contribution >= 0.6 is 0 Å². The monoisotopic (exact) mass is 287 g/mol. The van der Waals surface area contributed by atoms with Crippen LogP contribution in [0.5, 0.6) is 0 Å². The molecule has 1 aliphatic heterocycles. The van der Waals surface area contributed by atoms with Crippen molar-refractivity contribution in [3.63, 3.8) is 0 Å². The summed E-state index contributed by atoms with van der Waals surface area (Å²) in [5, 5.41) is 2.82. The van der Waals surface area contributed by atoms with Crippen LogP contribution in [0, 0.1) is 5.92 Å². The van der Waals surface area contributed by atoms with Crippen LogP contribution in [-0.4, -0.2) is 42.2 Å². The highest BCUT2D eigenvalue weighted by atomic mass is 16.2. The zero-order valence-corrected chi connectivity index (χ0v) is 13.1. The highest BCUT2D eigenvalue weighted by Gasteiger charge is 2.42. The molecule has 0 saturated carbocycles. The summed E-state index contributed by atoms with van der Waals surface area (Å²) in [4.78, 5) is 30.5. The first-order valence-corrected chi connectivity index (χ1v) is 6.99. The van der Waals surface area contributed by atoms with Gasteiger partial charge in [0.2, 0.25) is 0 Å². The Bertz CT molecular complexity index is 620. The lowest BCUT2D eigenvalue weighted by Gasteiger charge is -2.21. The third kappa shape index (κ3) is 2.55. The van der Waals surface area contributed by atoms with Crippen LogP contribution in [0.15, 0.2) is 29.3 Å². The van der Waals surface area contributed by atoms with Gasteiger partial charge in [0.1, 0.15) is 11.4 Å². The molecular formula is C16H21N3O2. The molecule has 21 heavy (non-hydrogen) atoms. The SMILES string of the molecule is CC(C)C1(C)N=C(c2ccccc2C(=O)N(C)C)NC1=O. The minimum Gasteiger partial charge on any atom is -0.345 e. The second-order valence-corrected chi connectivity index (χ2v) is 5.96. The summed E-state index contributed by atoms with van der Waals surface area (Å²) < 4.78 is 0. The average Bonchev–Trinajstić information content (AvgIpc) is 2.75. The number of aliphatic imine (C=N–C) groups is 1. The fraction of sp³-hybridized carbons (Fsp3) is 0.438. The van der Waals surface area contributed by atoms with Gasteiger partial charge in [-0.25, -0.2) is 0 Å². The lowest BCUT2D eigenvalue weighted by atomic mass is 9.89. The minimum absolute atomic E-state index is 0.0757. The first-order valence-electron chi connectivity index (χ1n) is 6.99. The molecule has 0 spiro atoms. The quantitative estimate of drug-likeness (QED) is 0.919. The number of carbonyl (C=O) groups excluding carboxylic acids is 2. The Morgan fingerprint density at radius 1 is 1.29 bits per heavy atom. The van der Waals surface area contributed by atoms with Gasteiger partial charge in [0.25, 0.3) is 11.8 Å². The van der Waals surface area contributed by atoms with Crippen molar-refractivity contribution < 1.29 is 9.59 Å². The standard InChI is InChI=1S/C16H21N3O2/c1-10(2)16(3)15(21)17-13(18-16)11-8-6-7-9-12(11)14(20)19(4)5/h6-10H,1-5H3,(H,17,18,21). The highest BCUT2D eigenvalue weighted by Crippen LogP contribution is 2.27. The van der Waals surface area contributed by atoms with Crippen LogP contribution < -0.4 is 5.32 Å². The van der Waals surface area contributed by atoms with E-state index in [0.29, 0.717) is 17.0 Å². The van der Waals surface area contributed by atoms with Crippen molar-refractivity contribution >= 4 is 17.6 Å². The van der Waals surface area contributed by atoms with Gasteiger partial charge in [-0.3, -0.25) is 14.6 Å². The molecule has 0 aromatic heterocycles. The number of carbonyl (C=O) groups is 2. The highest BCUT2D eigenvalue weighted by molar-refractivity contribution is 6.18. The summed E-state index contributed by atoms with van der Waals surface area (Å²) in [5.74, 6) is 0.314. The van der Waals surface area contributed by atoms with E-state index in [1.807, 2.05) is 32.9 Å². The first kappa shape index (κ1) is 15.2. The van der Waals surface area contributed by atoms with Crippen LogP contribution in [0.1, 0.15) is 36.7 Å². The van der Waals surface area contributed by atoms with E-state index in [-0.39, 0.29) is 17.7 Å². The summed E-state index contributed by atoms with van der Waals surface area (Å²) >= 11 is 0. The number of amidine groups is 1. The molecule has 0 fully saturated rings. The lowest BCUT2D eigenvalue weighted by Crippen LogP contribution is -2.41. The molecule has 0 radical (unpaired) electrons. The van der Waals surface area contributed by atoms with Crippen molar-refractivity contribution in [2.45, 2.75) is 26.3 Å². The summed E-state index contributed by atoms with van der Waals surface area (Å²) in [5.41, 5.74) is 0.410. The summed E-state index contributed by atoms with van der Waals surface area (Å²) in [7, 11) is 3.40. The van der Waals surface area contributed by atoms with Gasteiger partial charge in [-0.1, -0.05) is 32.0 Å². The zero-order chi connectivity index (χ0) is 15.8. The third-order valence-corrected chi connectivity index (χ3v) is 3.98. The topological polar surface area (TPSA) is 61.8 Å². The molecule has 1 aliphatic rings. The van der Waals surface area contributed by atoms with Crippen LogP contribution in [0.4, 0.5) is 0 Å². The van der Waals surface area contributed by atoms with Gasteiger partial charge in [-0.2, -0.15) is 0 Å². The second-order valence-electron chi connectivity index (χ2n) is 5.96. The van der Waals surface area contributed by atoms with Crippen molar-refractivity contribution in [2.24, 2.45) is 10.9 Å². The summed E-state index contributed by atoms with van der Waals surface area (Å²) in [6.07, 6.45) is 0. The van der Waals surface area contributed by atoms with Crippen molar-refractivity contribution in [3.8, 4) is 0 Å². The van der Waals surface area contributed by atoms with Gasteiger partial charge in [0.15, 0.2) is 0 Å². The van der Waals surface area contributed by atoms with Crippen molar-refractivity contribution in [3.05, 3.63) is 35.4 Å². The summed E-state index contributed by atoms with van der Waals surface area (Å²) in [6, 6.07) is 7.19. The van der Waals surface area contributed by atoms with Crippen LogP contribution in [0.3, 0.4) is 0 Å². The number of benzene rings is 1. The van der Waals surface area contributed by atoms with E-state index in [0.717, 1.165) is 0 Å². The smallest absolute Gasteiger partial charge is 0.254 e. The molecule has 1 aromatic rings. The fourth-order valence-corrected chi connectivity index (χ4v) is 2.18. The van der Waals surface area contributed by atoms with Gasteiger partial charge >= 0.3 is 0 Å². The van der Waals surface area contributed by atoms with Crippen LogP contribution in [0.25, 0.3) is 0 Å². The zero-order valence-electron chi connectivity index (χ0n) is 13.1. The Balaban J connectivity index is 2.50. The van der Waals surface area contributed by atoms with E-state index >= 15 is 0 Å². The predicted octanol–water partition coefficient (Wildman–Crippen LogP) is 1.68. The second kappa shape index (κ2) is 5.31. The van der Waals surface area contributed by atoms with E-state index < -0.39 is 5.54 Å². The first-order chi connectivity index (χ1) is 9.77. The predicted molar refractivity (Wildman–Crippen MR) is 82.4 cm³/mol. The maximum atomic E-state index is 12.3. The number of nitrogens with one attached hydrogen (secondary N) is 1. The molecule has 5 heteroatoms. The maximum absolute atomic E-state index is 12.3. The molecule has 5 nitrogen and oxygen atoms in total. The van der Waals surface area contributed by atoms with E-state index in [4.69, 9.17) is 0 Å².